The third kappa shape index (κ3) is 4.66. The van der Waals surface area contributed by atoms with Crippen molar-refractivity contribution in [2.75, 3.05) is 14.2 Å². The first kappa shape index (κ1) is 20.8. The van der Waals surface area contributed by atoms with Gasteiger partial charge in [0.1, 0.15) is 34.9 Å². The number of hydrogen-bond donors (Lipinski definition) is 1. The van der Waals surface area contributed by atoms with Crippen LogP contribution in [0.4, 0.5) is 0 Å². The first-order valence-corrected chi connectivity index (χ1v) is 10.3. The Balaban J connectivity index is 1.56. The Morgan fingerprint density at radius 3 is 2.55 bits per heavy atom. The molecule has 1 amide bonds. The fraction of sp³-hybridized carbons (Fsp3) is 0.333. The van der Waals surface area contributed by atoms with Gasteiger partial charge in [0.15, 0.2) is 0 Å². The number of aromatic nitrogens is 2. The van der Waals surface area contributed by atoms with E-state index in [0.29, 0.717) is 34.9 Å². The summed E-state index contributed by atoms with van der Waals surface area (Å²) in [6.07, 6.45) is 7.86. The average Bonchev–Trinajstić information content (AvgIpc) is 3.15. The number of amides is 1. The molecule has 1 N–H and O–H groups in total. The van der Waals surface area contributed by atoms with Gasteiger partial charge in [-0.1, -0.05) is 6.92 Å². The molecular formula is C24H27N3O4. The van der Waals surface area contributed by atoms with Gasteiger partial charge in [-0.3, -0.25) is 4.79 Å². The highest BCUT2D eigenvalue weighted by atomic mass is 16.5. The van der Waals surface area contributed by atoms with Gasteiger partial charge in [0, 0.05) is 37.5 Å². The van der Waals surface area contributed by atoms with Gasteiger partial charge in [-0.25, -0.2) is 4.98 Å². The highest BCUT2D eigenvalue weighted by Gasteiger charge is 2.36. The number of aryl methyl sites for hydroxylation is 1. The van der Waals surface area contributed by atoms with Crippen LogP contribution >= 0.6 is 0 Å². The molecule has 162 valence electrons. The fourth-order valence-electron chi connectivity index (χ4n) is 3.67. The van der Waals surface area contributed by atoms with Crippen LogP contribution in [0.3, 0.4) is 0 Å². The number of nitrogens with one attached hydrogen (secondary N) is 1. The summed E-state index contributed by atoms with van der Waals surface area (Å²) in [6.45, 7) is 2.21. The van der Waals surface area contributed by atoms with Crippen LogP contribution < -0.4 is 14.8 Å². The van der Waals surface area contributed by atoms with Crippen molar-refractivity contribution in [1.29, 1.82) is 0 Å². The van der Waals surface area contributed by atoms with Crippen LogP contribution in [0.5, 0.6) is 11.5 Å². The maximum Gasteiger partial charge on any atom is 0.244 e. The fourth-order valence-corrected chi connectivity index (χ4v) is 3.67. The van der Waals surface area contributed by atoms with Gasteiger partial charge in [0.2, 0.25) is 5.91 Å². The molecule has 0 radical (unpaired) electrons. The molecule has 2 aromatic heterocycles. The lowest BCUT2D eigenvalue weighted by Crippen LogP contribution is -2.29. The molecule has 1 saturated carbocycles. The first-order chi connectivity index (χ1) is 15.0. The molecule has 31 heavy (non-hydrogen) atoms. The molecule has 2 heterocycles. The van der Waals surface area contributed by atoms with E-state index >= 15 is 0 Å². The number of benzene rings is 1. The molecule has 7 heteroatoms. The second-order valence-corrected chi connectivity index (χ2v) is 7.88. The van der Waals surface area contributed by atoms with Gasteiger partial charge >= 0.3 is 0 Å². The van der Waals surface area contributed by atoms with Crippen LogP contribution in [0, 0.1) is 5.92 Å². The average molecular weight is 421 g/mol. The Morgan fingerprint density at radius 2 is 1.97 bits per heavy atom. The van der Waals surface area contributed by atoms with E-state index in [0.717, 1.165) is 17.7 Å². The Bertz CT molecular complexity index is 1080. The second-order valence-electron chi connectivity index (χ2n) is 7.88. The maximum atomic E-state index is 12.8. The minimum atomic E-state index is -0.486. The number of ether oxygens (including phenoxy) is 2. The van der Waals surface area contributed by atoms with Gasteiger partial charge in [-0.05, 0) is 48.2 Å². The number of imidazole rings is 1. The summed E-state index contributed by atoms with van der Waals surface area (Å²) in [5, 5.41) is 3.04. The summed E-state index contributed by atoms with van der Waals surface area (Å²) in [4.78, 5) is 17.2. The summed E-state index contributed by atoms with van der Waals surface area (Å²) >= 11 is 0. The standard InChI is InChI=1S/C24H27N3O4/c1-15-11-20(15)21-7-5-17(31-21)6-8-22(28)26-23(24-25-9-10-27(24)2)16-12-18(29-3)14-19(13-16)30-4/h5-10,12-15,20,23H,11H2,1-4H3,(H,26,28)/b8-6+. The van der Waals surface area contributed by atoms with Crippen molar-refractivity contribution in [3.8, 4) is 11.5 Å². The normalized spacial score (nSPS) is 18.7. The predicted octanol–water partition coefficient (Wildman–Crippen LogP) is 4.07. The number of furan rings is 1. The summed E-state index contributed by atoms with van der Waals surface area (Å²) in [5.74, 6) is 4.54. The number of methoxy groups -OCH3 is 2. The molecule has 1 aliphatic rings. The first-order valence-electron chi connectivity index (χ1n) is 10.3. The number of rotatable bonds is 8. The Labute approximate surface area is 181 Å². The minimum Gasteiger partial charge on any atom is -0.497 e. The van der Waals surface area contributed by atoms with Crippen molar-refractivity contribution in [3.05, 3.63) is 71.7 Å². The van der Waals surface area contributed by atoms with E-state index in [4.69, 9.17) is 13.9 Å². The van der Waals surface area contributed by atoms with E-state index in [-0.39, 0.29) is 5.91 Å². The molecule has 0 saturated heterocycles. The van der Waals surface area contributed by atoms with Gasteiger partial charge in [-0.2, -0.15) is 0 Å². The lowest BCUT2D eigenvalue weighted by molar-refractivity contribution is -0.117. The summed E-state index contributed by atoms with van der Waals surface area (Å²) in [5.41, 5.74) is 0.801. The van der Waals surface area contributed by atoms with E-state index in [1.807, 2.05) is 42.1 Å². The minimum absolute atomic E-state index is 0.257. The van der Waals surface area contributed by atoms with Gasteiger partial charge in [-0.15, -0.1) is 0 Å². The Kier molecular flexibility index (Phi) is 5.84. The molecule has 1 fully saturated rings. The topological polar surface area (TPSA) is 78.5 Å². The van der Waals surface area contributed by atoms with E-state index in [1.165, 1.54) is 6.08 Å². The van der Waals surface area contributed by atoms with Gasteiger partial charge < -0.3 is 23.8 Å². The number of carbonyl (C=O) groups is 1. The summed E-state index contributed by atoms with van der Waals surface area (Å²) in [7, 11) is 5.07. The van der Waals surface area contributed by atoms with Crippen LogP contribution in [0.15, 0.2) is 53.2 Å². The lowest BCUT2D eigenvalue weighted by atomic mass is 10.0. The van der Waals surface area contributed by atoms with Crippen molar-refractivity contribution in [3.63, 3.8) is 0 Å². The quantitative estimate of drug-likeness (QED) is 0.555. The lowest BCUT2D eigenvalue weighted by Gasteiger charge is -2.20. The monoisotopic (exact) mass is 421 g/mol. The molecule has 7 nitrogen and oxygen atoms in total. The highest BCUT2D eigenvalue weighted by molar-refractivity contribution is 5.91. The molecule has 3 unspecified atom stereocenters. The third-order valence-electron chi connectivity index (χ3n) is 5.63. The van der Waals surface area contributed by atoms with Crippen molar-refractivity contribution < 1.29 is 18.7 Å². The molecule has 0 aliphatic heterocycles. The van der Waals surface area contributed by atoms with E-state index in [1.54, 1.807) is 32.6 Å². The Hall–Kier alpha value is -3.48. The van der Waals surface area contributed by atoms with Gasteiger partial charge in [0.05, 0.1) is 14.2 Å². The number of carbonyl (C=O) groups excluding carboxylic acids is 1. The smallest absolute Gasteiger partial charge is 0.244 e. The summed E-state index contributed by atoms with van der Waals surface area (Å²) < 4.78 is 18.5. The molecular weight excluding hydrogens is 394 g/mol. The van der Waals surface area contributed by atoms with Crippen molar-refractivity contribution in [2.45, 2.75) is 25.3 Å². The van der Waals surface area contributed by atoms with Crippen LogP contribution in [-0.2, 0) is 11.8 Å². The summed E-state index contributed by atoms with van der Waals surface area (Å²) in [6, 6.07) is 8.91. The number of hydrogen-bond acceptors (Lipinski definition) is 5. The van der Waals surface area contributed by atoms with Crippen LogP contribution in [0.2, 0.25) is 0 Å². The Morgan fingerprint density at radius 1 is 1.26 bits per heavy atom. The van der Waals surface area contributed by atoms with Crippen molar-refractivity contribution >= 4 is 12.0 Å². The van der Waals surface area contributed by atoms with E-state index in [9.17, 15) is 4.79 Å². The van der Waals surface area contributed by atoms with Gasteiger partial charge in [0.25, 0.3) is 0 Å². The third-order valence-corrected chi connectivity index (χ3v) is 5.63. The highest BCUT2D eigenvalue weighted by Crippen LogP contribution is 2.47. The molecule has 3 atom stereocenters. The van der Waals surface area contributed by atoms with Crippen molar-refractivity contribution in [2.24, 2.45) is 13.0 Å². The van der Waals surface area contributed by atoms with Crippen LogP contribution in [0.25, 0.3) is 6.08 Å². The van der Waals surface area contributed by atoms with Crippen LogP contribution in [0.1, 0.15) is 48.2 Å². The zero-order chi connectivity index (χ0) is 22.0. The van der Waals surface area contributed by atoms with Crippen molar-refractivity contribution in [1.82, 2.24) is 14.9 Å². The maximum absolute atomic E-state index is 12.8. The van der Waals surface area contributed by atoms with E-state index in [2.05, 4.69) is 17.2 Å². The zero-order valence-electron chi connectivity index (χ0n) is 18.2. The molecule has 3 aromatic rings. The van der Waals surface area contributed by atoms with Crippen LogP contribution in [-0.4, -0.2) is 29.7 Å². The van der Waals surface area contributed by atoms with E-state index < -0.39 is 6.04 Å². The molecule has 0 bridgehead atoms. The largest absolute Gasteiger partial charge is 0.497 e. The second kappa shape index (κ2) is 8.71. The molecule has 1 aliphatic carbocycles. The zero-order valence-corrected chi connectivity index (χ0v) is 18.2. The molecule has 0 spiro atoms. The number of nitrogens with zero attached hydrogens (tertiary/aromatic N) is 2. The molecule has 1 aromatic carbocycles. The predicted molar refractivity (Wildman–Crippen MR) is 117 cm³/mol. The SMILES string of the molecule is COc1cc(OC)cc(C(NC(=O)/C=C/c2ccc(C3CC3C)o2)c2nccn2C)c1. The molecule has 4 rings (SSSR count).